The zero-order valence-corrected chi connectivity index (χ0v) is 14.2. The van der Waals surface area contributed by atoms with Crippen molar-refractivity contribution < 1.29 is 4.79 Å². The minimum absolute atomic E-state index is 0.174. The lowest BCUT2D eigenvalue weighted by molar-refractivity contribution is -0.133. The number of nitrogens with one attached hydrogen (secondary N) is 1. The van der Waals surface area contributed by atoms with Crippen LogP contribution in [-0.2, 0) is 17.8 Å². The van der Waals surface area contributed by atoms with Gasteiger partial charge in [-0.25, -0.2) is 0 Å². The van der Waals surface area contributed by atoms with E-state index in [0.717, 1.165) is 36.5 Å². The van der Waals surface area contributed by atoms with E-state index in [1.807, 2.05) is 29.4 Å². The van der Waals surface area contributed by atoms with E-state index >= 15 is 0 Å². The van der Waals surface area contributed by atoms with Crippen molar-refractivity contribution >= 4 is 23.1 Å². The van der Waals surface area contributed by atoms with Gasteiger partial charge in [0.05, 0.1) is 5.69 Å². The molecule has 2 atom stereocenters. The van der Waals surface area contributed by atoms with Crippen molar-refractivity contribution in [2.75, 3.05) is 18.9 Å². The lowest BCUT2D eigenvalue weighted by Crippen LogP contribution is -2.37. The van der Waals surface area contributed by atoms with E-state index in [0.29, 0.717) is 18.4 Å². The summed E-state index contributed by atoms with van der Waals surface area (Å²) in [6.45, 7) is 3.53. The average molecular weight is 328 g/mol. The summed E-state index contributed by atoms with van der Waals surface area (Å²) >= 11 is 1.82. The molecule has 2 aromatic rings. The molecular weight excluding hydrogens is 308 g/mol. The summed E-state index contributed by atoms with van der Waals surface area (Å²) < 4.78 is 0. The van der Waals surface area contributed by atoms with Crippen LogP contribution in [0.2, 0.25) is 0 Å². The summed E-state index contributed by atoms with van der Waals surface area (Å²) in [5, 5.41) is 11.4. The number of hydrogen-bond acceptors (Lipinski definition) is 5. The molecule has 0 saturated heterocycles. The van der Waals surface area contributed by atoms with Crippen molar-refractivity contribution in [2.45, 2.75) is 32.2 Å². The predicted octanol–water partition coefficient (Wildman–Crippen LogP) is 2.58. The third kappa shape index (κ3) is 2.72. The van der Waals surface area contributed by atoms with Crippen LogP contribution in [0.15, 0.2) is 18.2 Å². The fourth-order valence-corrected chi connectivity index (χ4v) is 4.36. The minimum atomic E-state index is 0.174. The Morgan fingerprint density at radius 2 is 2.26 bits per heavy atom. The molecule has 2 aliphatic rings. The van der Waals surface area contributed by atoms with Crippen LogP contribution in [0.5, 0.6) is 0 Å². The molecule has 4 rings (SSSR count). The molecule has 1 aliphatic heterocycles. The van der Waals surface area contributed by atoms with Gasteiger partial charge in [0.15, 0.2) is 0 Å². The largest absolute Gasteiger partial charge is 0.372 e. The van der Waals surface area contributed by atoms with E-state index in [9.17, 15) is 4.79 Å². The Kier molecular flexibility index (Phi) is 3.56. The summed E-state index contributed by atoms with van der Waals surface area (Å²) in [5.41, 5.74) is 2.14. The molecule has 120 valence electrons. The number of aryl methyl sites for hydroxylation is 1. The molecule has 5 nitrogen and oxygen atoms in total. The maximum Gasteiger partial charge on any atom is 0.226 e. The zero-order chi connectivity index (χ0) is 16.0. The highest BCUT2D eigenvalue weighted by atomic mass is 32.1. The number of hydrogen-bond donors (Lipinski definition) is 1. The SMILES string of the molecule is CNc1cc2c(nn1)CCN(C(=O)[C@H]1C[C@@H]1c1ccc(C)s1)C2. The van der Waals surface area contributed by atoms with Crippen LogP contribution < -0.4 is 5.32 Å². The van der Waals surface area contributed by atoms with Crippen LogP contribution in [-0.4, -0.2) is 34.6 Å². The first kappa shape index (κ1) is 14.6. The van der Waals surface area contributed by atoms with Gasteiger partial charge in [-0.05, 0) is 37.1 Å². The second kappa shape index (κ2) is 5.60. The maximum atomic E-state index is 12.8. The van der Waals surface area contributed by atoms with Crippen LogP contribution in [0, 0.1) is 12.8 Å². The molecule has 0 unspecified atom stereocenters. The van der Waals surface area contributed by atoms with Crippen molar-refractivity contribution in [1.29, 1.82) is 0 Å². The van der Waals surface area contributed by atoms with E-state index in [4.69, 9.17) is 0 Å². The summed E-state index contributed by atoms with van der Waals surface area (Å²) in [6.07, 6.45) is 1.80. The van der Waals surface area contributed by atoms with Gasteiger partial charge in [-0.1, -0.05) is 0 Å². The van der Waals surface area contributed by atoms with Gasteiger partial charge in [0.25, 0.3) is 0 Å². The third-order valence-corrected chi connectivity index (χ3v) is 5.87. The van der Waals surface area contributed by atoms with Crippen molar-refractivity contribution in [3.05, 3.63) is 39.2 Å². The number of anilines is 1. The van der Waals surface area contributed by atoms with E-state index in [2.05, 4.69) is 34.6 Å². The highest BCUT2D eigenvalue weighted by Crippen LogP contribution is 2.50. The van der Waals surface area contributed by atoms with Crippen molar-refractivity contribution in [2.24, 2.45) is 5.92 Å². The highest BCUT2D eigenvalue weighted by Gasteiger charge is 2.46. The Balaban J connectivity index is 1.46. The van der Waals surface area contributed by atoms with Gasteiger partial charge in [-0.15, -0.1) is 16.4 Å². The average Bonchev–Trinajstić information content (AvgIpc) is 3.27. The van der Waals surface area contributed by atoms with Gasteiger partial charge < -0.3 is 10.2 Å². The van der Waals surface area contributed by atoms with Gasteiger partial charge in [-0.3, -0.25) is 4.79 Å². The second-order valence-corrected chi connectivity index (χ2v) is 7.68. The lowest BCUT2D eigenvalue weighted by Gasteiger charge is -2.28. The number of carbonyl (C=O) groups is 1. The molecule has 1 aliphatic carbocycles. The van der Waals surface area contributed by atoms with Gasteiger partial charge in [0.2, 0.25) is 5.91 Å². The third-order valence-electron chi connectivity index (χ3n) is 4.74. The Labute approximate surface area is 139 Å². The van der Waals surface area contributed by atoms with E-state index < -0.39 is 0 Å². The predicted molar refractivity (Wildman–Crippen MR) is 90.6 cm³/mol. The van der Waals surface area contributed by atoms with Crippen LogP contribution >= 0.6 is 11.3 Å². The smallest absolute Gasteiger partial charge is 0.226 e. The van der Waals surface area contributed by atoms with Crippen LogP contribution in [0.4, 0.5) is 5.82 Å². The van der Waals surface area contributed by atoms with Gasteiger partial charge in [0, 0.05) is 48.1 Å². The van der Waals surface area contributed by atoms with E-state index in [1.54, 1.807) is 0 Å². The quantitative estimate of drug-likeness (QED) is 0.941. The zero-order valence-electron chi connectivity index (χ0n) is 13.4. The molecule has 6 heteroatoms. The Hall–Kier alpha value is -1.95. The molecule has 2 aromatic heterocycles. The molecule has 0 spiro atoms. The Bertz CT molecular complexity index is 757. The maximum absolute atomic E-state index is 12.8. The molecular formula is C17H20N4OS. The number of fused-ring (bicyclic) bond motifs is 1. The molecule has 1 saturated carbocycles. The first-order valence-corrected chi connectivity index (χ1v) is 8.85. The normalized spacial score (nSPS) is 22.6. The summed E-state index contributed by atoms with van der Waals surface area (Å²) in [7, 11) is 1.83. The van der Waals surface area contributed by atoms with Gasteiger partial charge in [-0.2, -0.15) is 5.10 Å². The summed E-state index contributed by atoms with van der Waals surface area (Å²) in [4.78, 5) is 17.5. The van der Waals surface area contributed by atoms with Crippen LogP contribution in [0.3, 0.4) is 0 Å². The van der Waals surface area contributed by atoms with Gasteiger partial charge >= 0.3 is 0 Å². The van der Waals surface area contributed by atoms with Crippen molar-refractivity contribution in [3.63, 3.8) is 0 Å². The lowest BCUT2D eigenvalue weighted by atomic mass is 10.1. The number of amides is 1. The molecule has 1 N–H and O–H groups in total. The number of rotatable bonds is 3. The van der Waals surface area contributed by atoms with Crippen molar-refractivity contribution in [1.82, 2.24) is 15.1 Å². The van der Waals surface area contributed by atoms with Crippen LogP contribution in [0.25, 0.3) is 0 Å². The molecule has 0 bridgehead atoms. The van der Waals surface area contributed by atoms with Gasteiger partial charge in [0.1, 0.15) is 5.82 Å². The topological polar surface area (TPSA) is 58.1 Å². The fourth-order valence-electron chi connectivity index (χ4n) is 3.31. The van der Waals surface area contributed by atoms with E-state index in [-0.39, 0.29) is 5.92 Å². The number of aromatic nitrogens is 2. The van der Waals surface area contributed by atoms with E-state index in [1.165, 1.54) is 9.75 Å². The number of thiophene rings is 1. The molecule has 23 heavy (non-hydrogen) atoms. The first-order chi connectivity index (χ1) is 11.2. The standard InChI is InChI=1S/C17H20N4OS/c1-10-3-4-15(23-10)12-8-13(12)17(22)21-6-5-14-11(9-21)7-16(18-2)20-19-14/h3-4,7,12-13H,5-6,8-9H2,1-2H3,(H,18,20)/t12-,13-/m0/s1. The minimum Gasteiger partial charge on any atom is -0.372 e. The molecule has 3 heterocycles. The molecule has 1 amide bonds. The second-order valence-electron chi connectivity index (χ2n) is 6.36. The number of nitrogens with zero attached hydrogens (tertiary/aromatic N) is 3. The Morgan fingerprint density at radius 1 is 1.39 bits per heavy atom. The molecule has 0 aromatic carbocycles. The first-order valence-electron chi connectivity index (χ1n) is 8.04. The Morgan fingerprint density at radius 3 is 3.00 bits per heavy atom. The fraction of sp³-hybridized carbons (Fsp3) is 0.471. The van der Waals surface area contributed by atoms with Crippen molar-refractivity contribution in [3.8, 4) is 0 Å². The molecule has 0 radical (unpaired) electrons. The highest BCUT2D eigenvalue weighted by molar-refractivity contribution is 7.12. The monoisotopic (exact) mass is 328 g/mol. The molecule has 1 fully saturated rings. The summed E-state index contributed by atoms with van der Waals surface area (Å²) in [5.74, 6) is 1.67. The number of carbonyl (C=O) groups excluding carboxylic acids is 1. The summed E-state index contributed by atoms with van der Waals surface area (Å²) in [6, 6.07) is 6.34. The van der Waals surface area contributed by atoms with Crippen LogP contribution in [0.1, 0.15) is 33.4 Å².